The molecule has 2 unspecified atom stereocenters. The summed E-state index contributed by atoms with van der Waals surface area (Å²) in [5, 5.41) is 3.32. The number of hydrogen-bond donors (Lipinski definition) is 1. The first kappa shape index (κ1) is 15.4. The molecule has 0 aliphatic rings. The van der Waals surface area contributed by atoms with Crippen LogP contribution in [0.4, 0.5) is 0 Å². The van der Waals surface area contributed by atoms with E-state index in [1.54, 1.807) is 0 Å². The van der Waals surface area contributed by atoms with Crippen molar-refractivity contribution in [1.29, 1.82) is 0 Å². The highest BCUT2D eigenvalue weighted by Crippen LogP contribution is 2.04. The average Bonchev–Trinajstić information content (AvgIpc) is 2.27. The monoisotopic (exact) mass is 228 g/mol. The van der Waals surface area contributed by atoms with Crippen molar-refractivity contribution >= 4 is 5.91 Å². The van der Waals surface area contributed by atoms with Crippen LogP contribution in [0.15, 0.2) is 0 Å². The summed E-state index contributed by atoms with van der Waals surface area (Å²) in [5.41, 5.74) is 0. The molecule has 0 aromatic carbocycles. The third kappa shape index (κ3) is 5.50. The summed E-state index contributed by atoms with van der Waals surface area (Å²) >= 11 is 0. The SMILES string of the molecule is CCCC(C)CNC(C)C(=O)N(CC)CC. The number of nitrogens with one attached hydrogen (secondary N) is 1. The Balaban J connectivity index is 3.95. The van der Waals surface area contributed by atoms with Gasteiger partial charge in [0, 0.05) is 13.1 Å². The highest BCUT2D eigenvalue weighted by atomic mass is 16.2. The molecule has 3 heteroatoms. The van der Waals surface area contributed by atoms with Gasteiger partial charge in [-0.05, 0) is 39.7 Å². The van der Waals surface area contributed by atoms with Crippen LogP contribution in [0.2, 0.25) is 0 Å². The number of rotatable bonds is 8. The molecule has 0 bridgehead atoms. The zero-order valence-corrected chi connectivity index (χ0v) is 11.5. The summed E-state index contributed by atoms with van der Waals surface area (Å²) in [7, 11) is 0. The molecule has 3 nitrogen and oxygen atoms in total. The predicted octanol–water partition coefficient (Wildman–Crippen LogP) is 2.27. The van der Waals surface area contributed by atoms with Crippen molar-refractivity contribution in [2.75, 3.05) is 19.6 Å². The third-order valence-corrected chi connectivity index (χ3v) is 3.00. The first-order chi connectivity index (χ1) is 7.56. The molecule has 0 saturated heterocycles. The van der Waals surface area contributed by atoms with E-state index in [1.165, 1.54) is 12.8 Å². The van der Waals surface area contributed by atoms with Crippen molar-refractivity contribution in [2.45, 2.75) is 53.5 Å². The fourth-order valence-electron chi connectivity index (χ4n) is 1.87. The molecule has 0 rings (SSSR count). The second-order valence-electron chi connectivity index (χ2n) is 4.53. The number of carbonyl (C=O) groups is 1. The van der Waals surface area contributed by atoms with Crippen LogP contribution in [0.5, 0.6) is 0 Å². The van der Waals surface area contributed by atoms with E-state index in [4.69, 9.17) is 0 Å². The molecule has 1 N–H and O–H groups in total. The van der Waals surface area contributed by atoms with Gasteiger partial charge in [0.25, 0.3) is 0 Å². The van der Waals surface area contributed by atoms with E-state index in [1.807, 2.05) is 25.7 Å². The lowest BCUT2D eigenvalue weighted by Gasteiger charge is -2.24. The summed E-state index contributed by atoms with van der Waals surface area (Å²) in [6.07, 6.45) is 2.43. The lowest BCUT2D eigenvalue weighted by atomic mass is 10.1. The van der Waals surface area contributed by atoms with Crippen molar-refractivity contribution in [3.8, 4) is 0 Å². The van der Waals surface area contributed by atoms with Crippen molar-refractivity contribution in [1.82, 2.24) is 10.2 Å². The fourth-order valence-corrected chi connectivity index (χ4v) is 1.87. The van der Waals surface area contributed by atoms with Gasteiger partial charge in [0.15, 0.2) is 0 Å². The maximum absolute atomic E-state index is 11.9. The van der Waals surface area contributed by atoms with Crippen LogP contribution in [-0.4, -0.2) is 36.5 Å². The molecule has 96 valence electrons. The van der Waals surface area contributed by atoms with Gasteiger partial charge in [0.2, 0.25) is 5.91 Å². The standard InChI is InChI=1S/C13H28N2O/c1-6-9-11(4)10-14-12(5)13(16)15(7-2)8-3/h11-12,14H,6-10H2,1-5H3. The van der Waals surface area contributed by atoms with Crippen molar-refractivity contribution < 1.29 is 4.79 Å². The van der Waals surface area contributed by atoms with Crippen LogP contribution in [0.25, 0.3) is 0 Å². The van der Waals surface area contributed by atoms with Crippen molar-refractivity contribution in [2.24, 2.45) is 5.92 Å². The summed E-state index contributed by atoms with van der Waals surface area (Å²) in [6, 6.07) is -0.0563. The van der Waals surface area contributed by atoms with Crippen LogP contribution in [-0.2, 0) is 4.79 Å². The van der Waals surface area contributed by atoms with Gasteiger partial charge in [0.05, 0.1) is 6.04 Å². The van der Waals surface area contributed by atoms with Gasteiger partial charge in [-0.3, -0.25) is 4.79 Å². The molecular weight excluding hydrogens is 200 g/mol. The highest BCUT2D eigenvalue weighted by Gasteiger charge is 2.17. The smallest absolute Gasteiger partial charge is 0.239 e. The summed E-state index contributed by atoms with van der Waals surface area (Å²) in [6.45, 7) is 13.0. The van der Waals surface area contributed by atoms with E-state index in [0.717, 1.165) is 19.6 Å². The highest BCUT2D eigenvalue weighted by molar-refractivity contribution is 5.81. The Morgan fingerprint density at radius 3 is 2.19 bits per heavy atom. The van der Waals surface area contributed by atoms with Crippen LogP contribution in [0, 0.1) is 5.92 Å². The Morgan fingerprint density at radius 1 is 1.19 bits per heavy atom. The van der Waals surface area contributed by atoms with Gasteiger partial charge in [-0.15, -0.1) is 0 Å². The zero-order valence-electron chi connectivity index (χ0n) is 11.5. The van der Waals surface area contributed by atoms with Crippen LogP contribution < -0.4 is 5.32 Å². The molecule has 0 aliphatic heterocycles. The minimum atomic E-state index is -0.0563. The topological polar surface area (TPSA) is 32.3 Å². The van der Waals surface area contributed by atoms with E-state index in [9.17, 15) is 4.79 Å². The normalized spacial score (nSPS) is 14.6. The number of carbonyl (C=O) groups excluding carboxylic acids is 1. The van der Waals surface area contributed by atoms with E-state index in [-0.39, 0.29) is 11.9 Å². The number of likely N-dealkylation sites (N-methyl/N-ethyl adjacent to an activating group) is 1. The lowest BCUT2D eigenvalue weighted by Crippen LogP contribution is -2.45. The molecule has 0 heterocycles. The van der Waals surface area contributed by atoms with Crippen LogP contribution >= 0.6 is 0 Å². The number of amides is 1. The van der Waals surface area contributed by atoms with Gasteiger partial charge in [-0.2, -0.15) is 0 Å². The molecule has 16 heavy (non-hydrogen) atoms. The van der Waals surface area contributed by atoms with Gasteiger partial charge in [-0.1, -0.05) is 20.3 Å². The Morgan fingerprint density at radius 2 is 1.75 bits per heavy atom. The Bertz CT molecular complexity index is 190. The van der Waals surface area contributed by atoms with Gasteiger partial charge in [0.1, 0.15) is 0 Å². The Kier molecular flexibility index (Phi) is 8.26. The quantitative estimate of drug-likeness (QED) is 0.691. The van der Waals surface area contributed by atoms with E-state index in [2.05, 4.69) is 19.2 Å². The second-order valence-corrected chi connectivity index (χ2v) is 4.53. The van der Waals surface area contributed by atoms with E-state index < -0.39 is 0 Å². The van der Waals surface area contributed by atoms with Crippen LogP contribution in [0.1, 0.15) is 47.5 Å². The molecular formula is C13H28N2O. The van der Waals surface area contributed by atoms with Crippen molar-refractivity contribution in [3.63, 3.8) is 0 Å². The van der Waals surface area contributed by atoms with Crippen LogP contribution in [0.3, 0.4) is 0 Å². The largest absolute Gasteiger partial charge is 0.342 e. The molecule has 0 saturated carbocycles. The minimum absolute atomic E-state index is 0.0563. The van der Waals surface area contributed by atoms with Gasteiger partial charge >= 0.3 is 0 Å². The first-order valence-electron chi connectivity index (χ1n) is 6.58. The molecule has 0 aromatic heterocycles. The molecule has 0 fully saturated rings. The molecule has 0 spiro atoms. The zero-order chi connectivity index (χ0) is 12.6. The second kappa shape index (κ2) is 8.57. The lowest BCUT2D eigenvalue weighted by molar-refractivity contribution is -0.132. The summed E-state index contributed by atoms with van der Waals surface area (Å²) < 4.78 is 0. The number of nitrogens with zero attached hydrogens (tertiary/aromatic N) is 1. The fraction of sp³-hybridized carbons (Fsp3) is 0.923. The maximum Gasteiger partial charge on any atom is 0.239 e. The molecule has 0 aliphatic carbocycles. The Labute approximate surface area is 101 Å². The molecule has 0 radical (unpaired) electrons. The van der Waals surface area contributed by atoms with E-state index >= 15 is 0 Å². The number of hydrogen-bond acceptors (Lipinski definition) is 2. The summed E-state index contributed by atoms with van der Waals surface area (Å²) in [4.78, 5) is 13.8. The first-order valence-corrected chi connectivity index (χ1v) is 6.58. The average molecular weight is 228 g/mol. The Hall–Kier alpha value is -0.570. The minimum Gasteiger partial charge on any atom is -0.342 e. The van der Waals surface area contributed by atoms with Gasteiger partial charge < -0.3 is 10.2 Å². The van der Waals surface area contributed by atoms with Crippen molar-refractivity contribution in [3.05, 3.63) is 0 Å². The van der Waals surface area contributed by atoms with Gasteiger partial charge in [-0.25, -0.2) is 0 Å². The molecule has 0 aromatic rings. The summed E-state index contributed by atoms with van der Waals surface area (Å²) in [5.74, 6) is 0.866. The molecule has 2 atom stereocenters. The maximum atomic E-state index is 11.9. The molecule has 1 amide bonds. The predicted molar refractivity (Wildman–Crippen MR) is 69.5 cm³/mol. The third-order valence-electron chi connectivity index (χ3n) is 3.00. The van der Waals surface area contributed by atoms with E-state index in [0.29, 0.717) is 5.92 Å².